The Bertz CT molecular complexity index is 828. The molecule has 0 aromatic heterocycles. The zero-order valence-electron chi connectivity index (χ0n) is 14.9. The number of hydrogen-bond donors (Lipinski definition) is 1. The number of carbonyl (C=O) groups excluding carboxylic acids is 3. The first-order valence-corrected chi connectivity index (χ1v) is 9.11. The number of carbonyl (C=O) groups is 3. The summed E-state index contributed by atoms with van der Waals surface area (Å²) in [6.07, 6.45) is 5.17. The molecule has 138 valence electrons. The van der Waals surface area contributed by atoms with Crippen LogP contribution in [0.5, 0.6) is 0 Å². The fourth-order valence-electron chi connectivity index (χ4n) is 7.09. The topological polar surface area (TPSA) is 89.9 Å². The SMILES string of the molecule is C=C1C[C@]23C[C@@]1(O)CC[C@H]2[C@@]12C=CC(=O)[C@@](C)(C(=O)O1)[C@H]2[C@@H]3C(=O)OC. The van der Waals surface area contributed by atoms with Gasteiger partial charge >= 0.3 is 11.9 Å². The first-order chi connectivity index (χ1) is 12.2. The first kappa shape index (κ1) is 16.2. The van der Waals surface area contributed by atoms with Crippen molar-refractivity contribution >= 4 is 17.7 Å². The summed E-state index contributed by atoms with van der Waals surface area (Å²) in [5, 5.41) is 11.0. The minimum absolute atomic E-state index is 0.140. The van der Waals surface area contributed by atoms with Gasteiger partial charge in [-0.2, -0.15) is 0 Å². The highest BCUT2D eigenvalue weighted by Crippen LogP contribution is 2.77. The van der Waals surface area contributed by atoms with E-state index in [4.69, 9.17) is 9.47 Å². The molecule has 26 heavy (non-hydrogen) atoms. The van der Waals surface area contributed by atoms with E-state index in [9.17, 15) is 19.5 Å². The second-order valence-corrected chi connectivity index (χ2v) is 8.93. The van der Waals surface area contributed by atoms with Crippen molar-refractivity contribution in [2.75, 3.05) is 7.11 Å². The van der Waals surface area contributed by atoms with Crippen molar-refractivity contribution in [2.45, 2.75) is 43.8 Å². The number of esters is 2. The molecule has 7 atom stereocenters. The second-order valence-electron chi connectivity index (χ2n) is 8.93. The third-order valence-electron chi connectivity index (χ3n) is 8.12. The highest BCUT2D eigenvalue weighted by molar-refractivity contribution is 6.13. The van der Waals surface area contributed by atoms with Gasteiger partial charge in [-0.25, -0.2) is 0 Å². The Morgan fingerprint density at radius 3 is 2.85 bits per heavy atom. The molecule has 3 saturated carbocycles. The maximum atomic E-state index is 13.0. The van der Waals surface area contributed by atoms with E-state index in [0.29, 0.717) is 25.7 Å². The van der Waals surface area contributed by atoms with Gasteiger partial charge in [-0.1, -0.05) is 6.58 Å². The summed E-state index contributed by atoms with van der Waals surface area (Å²) in [7, 11) is 1.32. The summed E-state index contributed by atoms with van der Waals surface area (Å²) in [6.45, 7) is 5.66. The monoisotopic (exact) mass is 358 g/mol. The van der Waals surface area contributed by atoms with E-state index in [-0.39, 0.29) is 11.7 Å². The zero-order valence-corrected chi connectivity index (χ0v) is 14.9. The molecule has 1 aliphatic heterocycles. The van der Waals surface area contributed by atoms with Crippen LogP contribution in [0.2, 0.25) is 0 Å². The molecule has 1 spiro atoms. The van der Waals surface area contributed by atoms with Crippen LogP contribution < -0.4 is 0 Å². The Hall–Kier alpha value is -1.95. The van der Waals surface area contributed by atoms with Crippen molar-refractivity contribution < 1.29 is 29.0 Å². The predicted octanol–water partition coefficient (Wildman–Crippen LogP) is 1.32. The van der Waals surface area contributed by atoms with Crippen LogP contribution in [0.1, 0.15) is 32.6 Å². The molecule has 5 aliphatic rings. The van der Waals surface area contributed by atoms with Crippen LogP contribution >= 0.6 is 0 Å². The maximum absolute atomic E-state index is 13.0. The first-order valence-electron chi connectivity index (χ1n) is 9.11. The van der Waals surface area contributed by atoms with Crippen molar-refractivity contribution in [3.05, 3.63) is 24.3 Å². The predicted molar refractivity (Wildman–Crippen MR) is 88.6 cm³/mol. The molecule has 0 radical (unpaired) electrons. The third-order valence-corrected chi connectivity index (χ3v) is 8.12. The molecule has 4 aliphatic carbocycles. The Kier molecular flexibility index (Phi) is 2.69. The summed E-state index contributed by atoms with van der Waals surface area (Å²) in [5.74, 6) is -2.75. The summed E-state index contributed by atoms with van der Waals surface area (Å²) >= 11 is 0. The van der Waals surface area contributed by atoms with Gasteiger partial charge in [0.15, 0.2) is 5.78 Å². The molecule has 0 amide bonds. The average molecular weight is 358 g/mol. The zero-order chi connectivity index (χ0) is 18.7. The van der Waals surface area contributed by atoms with Crippen molar-refractivity contribution in [3.63, 3.8) is 0 Å². The molecule has 4 bridgehead atoms. The Labute approximate surface area is 151 Å². The van der Waals surface area contributed by atoms with E-state index >= 15 is 0 Å². The maximum Gasteiger partial charge on any atom is 0.321 e. The number of ketones is 1. The van der Waals surface area contributed by atoms with Crippen LogP contribution in [0.25, 0.3) is 0 Å². The van der Waals surface area contributed by atoms with Crippen LogP contribution in [0, 0.1) is 28.6 Å². The number of ether oxygens (including phenoxy) is 2. The summed E-state index contributed by atoms with van der Waals surface area (Å²) in [5.41, 5.74) is -3.23. The minimum Gasteiger partial charge on any atom is -0.469 e. The highest BCUT2D eigenvalue weighted by Gasteiger charge is 2.83. The van der Waals surface area contributed by atoms with E-state index in [1.807, 2.05) is 0 Å². The van der Waals surface area contributed by atoms with E-state index in [0.717, 1.165) is 5.57 Å². The van der Waals surface area contributed by atoms with Crippen molar-refractivity contribution in [2.24, 2.45) is 28.6 Å². The number of aliphatic hydroxyl groups is 1. The number of fused-ring (bicyclic) bond motifs is 1. The van der Waals surface area contributed by atoms with Gasteiger partial charge in [0.2, 0.25) is 0 Å². The molecule has 1 saturated heterocycles. The second kappa shape index (κ2) is 4.30. The molecular weight excluding hydrogens is 336 g/mol. The van der Waals surface area contributed by atoms with Crippen molar-refractivity contribution in [1.82, 2.24) is 0 Å². The normalized spacial score (nSPS) is 53.3. The van der Waals surface area contributed by atoms with Gasteiger partial charge in [-0.3, -0.25) is 14.4 Å². The van der Waals surface area contributed by atoms with Crippen LogP contribution in [0.4, 0.5) is 0 Å². The fourth-order valence-corrected chi connectivity index (χ4v) is 7.09. The quantitative estimate of drug-likeness (QED) is 0.432. The van der Waals surface area contributed by atoms with E-state index in [1.54, 1.807) is 13.0 Å². The summed E-state index contributed by atoms with van der Waals surface area (Å²) in [6, 6.07) is 0. The lowest BCUT2D eigenvalue weighted by Gasteiger charge is -2.44. The number of rotatable bonds is 1. The van der Waals surface area contributed by atoms with Gasteiger partial charge in [-0.05, 0) is 55.7 Å². The molecule has 4 fully saturated rings. The van der Waals surface area contributed by atoms with Gasteiger partial charge < -0.3 is 14.6 Å². The Balaban J connectivity index is 1.79. The van der Waals surface area contributed by atoms with Crippen LogP contribution in [-0.2, 0) is 23.9 Å². The molecule has 0 unspecified atom stereocenters. The van der Waals surface area contributed by atoms with Crippen molar-refractivity contribution in [1.29, 1.82) is 0 Å². The van der Waals surface area contributed by atoms with E-state index in [2.05, 4.69) is 6.58 Å². The average Bonchev–Trinajstić information content (AvgIpc) is 3.02. The molecule has 1 heterocycles. The minimum atomic E-state index is -1.39. The Morgan fingerprint density at radius 2 is 2.15 bits per heavy atom. The molecule has 6 heteroatoms. The van der Waals surface area contributed by atoms with Gasteiger partial charge in [0, 0.05) is 11.8 Å². The lowest BCUT2D eigenvalue weighted by Crippen LogP contribution is -2.49. The van der Waals surface area contributed by atoms with Crippen LogP contribution in [0.15, 0.2) is 24.3 Å². The molecular formula is C20H22O6. The molecule has 0 aromatic carbocycles. The number of allylic oxidation sites excluding steroid dienone is 1. The lowest BCUT2D eigenvalue weighted by atomic mass is 9.61. The van der Waals surface area contributed by atoms with E-state index < -0.39 is 45.8 Å². The molecule has 6 nitrogen and oxygen atoms in total. The van der Waals surface area contributed by atoms with Gasteiger partial charge in [0.05, 0.1) is 18.6 Å². The van der Waals surface area contributed by atoms with Gasteiger partial charge in [0.25, 0.3) is 0 Å². The number of hydrogen-bond acceptors (Lipinski definition) is 6. The smallest absolute Gasteiger partial charge is 0.321 e. The lowest BCUT2D eigenvalue weighted by molar-refractivity contribution is -0.162. The summed E-state index contributed by atoms with van der Waals surface area (Å²) in [4.78, 5) is 38.4. The standard InChI is InChI=1S/C20H22O6/c1-10-8-18-9-19(10,24)6-4-11(18)20-7-5-12(21)17(2,16(23)26-20)14(20)13(18)15(22)25-3/h5,7,11,13-14,24H,1,4,6,8-9H2,2-3H3/t11-,13-,14-,17-,18+,19+,20-/m1/s1. The van der Waals surface area contributed by atoms with Gasteiger partial charge in [0.1, 0.15) is 11.0 Å². The van der Waals surface area contributed by atoms with Crippen LogP contribution in [0.3, 0.4) is 0 Å². The van der Waals surface area contributed by atoms with E-state index in [1.165, 1.54) is 13.2 Å². The largest absolute Gasteiger partial charge is 0.469 e. The molecule has 1 N–H and O–H groups in total. The fraction of sp³-hybridized carbons (Fsp3) is 0.650. The third kappa shape index (κ3) is 1.38. The van der Waals surface area contributed by atoms with Gasteiger partial charge in [-0.15, -0.1) is 0 Å². The highest BCUT2D eigenvalue weighted by atomic mass is 16.6. The molecule has 0 aromatic rings. The molecule has 5 rings (SSSR count). The summed E-state index contributed by atoms with van der Waals surface area (Å²) < 4.78 is 11.0. The Morgan fingerprint density at radius 1 is 1.42 bits per heavy atom. The number of methoxy groups -OCH3 is 1. The van der Waals surface area contributed by atoms with Crippen LogP contribution in [-0.4, -0.2) is 41.1 Å². The van der Waals surface area contributed by atoms with Crippen molar-refractivity contribution in [3.8, 4) is 0 Å².